The lowest BCUT2D eigenvalue weighted by Gasteiger charge is -2.39. The van der Waals surface area contributed by atoms with Gasteiger partial charge in [0, 0.05) is 12.7 Å². The van der Waals surface area contributed by atoms with Crippen LogP contribution in [0.5, 0.6) is 0 Å². The maximum atomic E-state index is 12.8. The van der Waals surface area contributed by atoms with Crippen molar-refractivity contribution in [2.45, 2.75) is 19.9 Å². The monoisotopic (exact) mass is 254 g/mol. The predicted octanol–water partition coefficient (Wildman–Crippen LogP) is 2.64. The first-order valence-corrected chi connectivity index (χ1v) is 7.74. The van der Waals surface area contributed by atoms with Crippen LogP contribution in [0.3, 0.4) is 0 Å². The van der Waals surface area contributed by atoms with Gasteiger partial charge < -0.3 is 5.32 Å². The smallest absolute Gasteiger partial charge is 0.202 e. The summed E-state index contributed by atoms with van der Waals surface area (Å²) in [5.41, 5.74) is 0.871. The molecule has 1 heterocycles. The average molecular weight is 254 g/mol. The normalized spacial score (nSPS) is 24.2. The Bertz CT molecular complexity index is 487. The van der Waals surface area contributed by atoms with E-state index < -0.39 is 7.29 Å². The minimum atomic E-state index is -2.57. The number of fused-ring (bicyclic) bond motifs is 1. The Labute approximate surface area is 101 Å². The zero-order valence-corrected chi connectivity index (χ0v) is 11.3. The van der Waals surface area contributed by atoms with E-state index in [1.54, 1.807) is 6.66 Å². The molecule has 1 aliphatic heterocycles. The number of para-hydroxylation sites is 1. The molecule has 3 nitrogen and oxygen atoms in total. The quantitative estimate of drug-likeness (QED) is 0.617. The van der Waals surface area contributed by atoms with Crippen LogP contribution in [0.25, 0.3) is 0 Å². The van der Waals surface area contributed by atoms with Crippen molar-refractivity contribution < 1.29 is 4.57 Å². The van der Waals surface area contributed by atoms with Crippen molar-refractivity contribution in [3.8, 4) is 0 Å². The molecule has 16 heavy (non-hydrogen) atoms. The number of hydrogen-bond donors (Lipinski definition) is 1. The molecule has 86 valence electrons. The molecule has 1 unspecified atom stereocenters. The summed E-state index contributed by atoms with van der Waals surface area (Å²) >= 11 is 5.27. The fourth-order valence-electron chi connectivity index (χ4n) is 2.08. The van der Waals surface area contributed by atoms with Gasteiger partial charge in [0.2, 0.25) is 7.29 Å². The Kier molecular flexibility index (Phi) is 2.81. The van der Waals surface area contributed by atoms with Crippen LogP contribution in [0.15, 0.2) is 24.3 Å². The summed E-state index contributed by atoms with van der Waals surface area (Å²) in [6, 6.07) is 7.77. The number of thiocarbonyl (C=S) groups is 1. The Morgan fingerprint density at radius 1 is 1.38 bits per heavy atom. The van der Waals surface area contributed by atoms with Crippen LogP contribution >= 0.6 is 19.5 Å². The van der Waals surface area contributed by atoms with E-state index in [4.69, 9.17) is 12.2 Å². The van der Waals surface area contributed by atoms with Gasteiger partial charge in [-0.15, -0.1) is 0 Å². The summed E-state index contributed by atoms with van der Waals surface area (Å²) in [4.78, 5) is 0. The van der Waals surface area contributed by atoms with Crippen molar-refractivity contribution in [2.24, 2.45) is 0 Å². The van der Waals surface area contributed by atoms with Gasteiger partial charge in [0.15, 0.2) is 5.11 Å². The second-order valence-electron chi connectivity index (χ2n) is 4.26. The van der Waals surface area contributed by atoms with Gasteiger partial charge in [0.1, 0.15) is 0 Å². The molecule has 0 aromatic heterocycles. The molecule has 0 aliphatic carbocycles. The van der Waals surface area contributed by atoms with Crippen LogP contribution in [0.2, 0.25) is 0 Å². The molecule has 1 atom stereocenters. The van der Waals surface area contributed by atoms with Gasteiger partial charge in [-0.3, -0.25) is 9.24 Å². The van der Waals surface area contributed by atoms with Crippen molar-refractivity contribution in [3.05, 3.63) is 24.3 Å². The molecule has 0 amide bonds. The molecule has 5 heteroatoms. The molecular weight excluding hydrogens is 239 g/mol. The first-order valence-electron chi connectivity index (χ1n) is 5.22. The Morgan fingerprint density at radius 2 is 2.00 bits per heavy atom. The molecule has 0 radical (unpaired) electrons. The third-order valence-electron chi connectivity index (χ3n) is 2.70. The van der Waals surface area contributed by atoms with E-state index in [9.17, 15) is 4.57 Å². The highest BCUT2D eigenvalue weighted by Gasteiger charge is 2.37. The first kappa shape index (κ1) is 11.6. The molecule has 2 rings (SSSR count). The van der Waals surface area contributed by atoms with Gasteiger partial charge in [-0.2, -0.15) is 0 Å². The second kappa shape index (κ2) is 3.86. The molecule has 0 saturated carbocycles. The van der Waals surface area contributed by atoms with E-state index in [-0.39, 0.29) is 6.04 Å². The zero-order valence-electron chi connectivity index (χ0n) is 9.60. The van der Waals surface area contributed by atoms with E-state index in [0.717, 1.165) is 11.0 Å². The largest absolute Gasteiger partial charge is 0.332 e. The van der Waals surface area contributed by atoms with Gasteiger partial charge in [0.05, 0.1) is 11.0 Å². The Hall–Kier alpha value is -0.860. The minimum absolute atomic E-state index is 0.129. The van der Waals surface area contributed by atoms with Gasteiger partial charge in [0.25, 0.3) is 0 Å². The second-order valence-corrected chi connectivity index (χ2v) is 7.32. The number of nitrogens with zero attached hydrogens (tertiary/aromatic N) is 1. The van der Waals surface area contributed by atoms with Gasteiger partial charge in [-0.1, -0.05) is 12.1 Å². The summed E-state index contributed by atoms with van der Waals surface area (Å²) in [5.74, 6) is 0. The van der Waals surface area contributed by atoms with Crippen molar-refractivity contribution >= 4 is 35.6 Å². The first-order chi connectivity index (χ1) is 7.44. The standard InChI is InChI=1S/C11H15N2OPS/c1-8(2)13-11(16)12-9-6-4-5-7-10(9)15(13,3)14/h4-8H,1-3H3,(H,12,16). The minimum Gasteiger partial charge on any atom is -0.332 e. The molecule has 1 aliphatic rings. The molecule has 1 N–H and O–H groups in total. The van der Waals surface area contributed by atoms with Crippen LogP contribution in [0.4, 0.5) is 5.69 Å². The average Bonchev–Trinajstić information content (AvgIpc) is 2.15. The summed E-state index contributed by atoms with van der Waals surface area (Å²) < 4.78 is 14.6. The molecular formula is C11H15N2OPS. The van der Waals surface area contributed by atoms with Crippen molar-refractivity contribution in [3.63, 3.8) is 0 Å². The molecule has 0 spiro atoms. The Balaban J connectivity index is 2.60. The maximum Gasteiger partial charge on any atom is 0.202 e. The van der Waals surface area contributed by atoms with Gasteiger partial charge in [-0.05, 0) is 38.2 Å². The third-order valence-corrected chi connectivity index (χ3v) is 5.90. The highest BCUT2D eigenvalue weighted by Crippen LogP contribution is 2.50. The topological polar surface area (TPSA) is 32.3 Å². The molecule has 0 fully saturated rings. The van der Waals surface area contributed by atoms with Crippen LogP contribution < -0.4 is 10.6 Å². The zero-order chi connectivity index (χ0) is 11.9. The summed E-state index contributed by atoms with van der Waals surface area (Å²) in [5, 5.41) is 4.55. The highest BCUT2D eigenvalue weighted by atomic mass is 32.1. The number of nitrogens with one attached hydrogen (secondary N) is 1. The van der Waals surface area contributed by atoms with Crippen LogP contribution in [0, 0.1) is 0 Å². The molecule has 0 saturated heterocycles. The predicted molar refractivity (Wildman–Crippen MR) is 72.8 cm³/mol. The van der Waals surface area contributed by atoms with E-state index in [1.807, 2.05) is 42.8 Å². The summed E-state index contributed by atoms with van der Waals surface area (Å²) in [6.45, 7) is 5.77. The van der Waals surface area contributed by atoms with E-state index in [1.165, 1.54) is 0 Å². The van der Waals surface area contributed by atoms with E-state index >= 15 is 0 Å². The number of benzene rings is 1. The fraction of sp³-hybridized carbons (Fsp3) is 0.364. The maximum absolute atomic E-state index is 12.8. The van der Waals surface area contributed by atoms with Crippen molar-refractivity contribution in [1.82, 2.24) is 4.67 Å². The summed E-state index contributed by atoms with van der Waals surface area (Å²) in [6.07, 6.45) is 0. The molecule has 1 aromatic rings. The SMILES string of the molecule is CC(C)N1C(=S)Nc2ccccc2P1(C)=O. The molecule has 0 bridgehead atoms. The van der Waals surface area contributed by atoms with Crippen molar-refractivity contribution in [1.29, 1.82) is 0 Å². The number of hydrogen-bond acceptors (Lipinski definition) is 2. The van der Waals surface area contributed by atoms with Crippen LogP contribution in [-0.4, -0.2) is 22.5 Å². The highest BCUT2D eigenvalue weighted by molar-refractivity contribution is 7.82. The van der Waals surface area contributed by atoms with E-state index in [0.29, 0.717) is 5.11 Å². The summed E-state index contributed by atoms with van der Waals surface area (Å²) in [7, 11) is -2.57. The van der Waals surface area contributed by atoms with Crippen LogP contribution in [-0.2, 0) is 4.57 Å². The lowest BCUT2D eigenvalue weighted by atomic mass is 10.3. The van der Waals surface area contributed by atoms with E-state index in [2.05, 4.69) is 5.32 Å². The lowest BCUT2D eigenvalue weighted by Crippen LogP contribution is -2.44. The van der Waals surface area contributed by atoms with Gasteiger partial charge in [-0.25, -0.2) is 0 Å². The van der Waals surface area contributed by atoms with Crippen LogP contribution in [0.1, 0.15) is 13.8 Å². The third kappa shape index (κ3) is 1.66. The Morgan fingerprint density at radius 3 is 2.62 bits per heavy atom. The molecule has 1 aromatic carbocycles. The lowest BCUT2D eigenvalue weighted by molar-refractivity contribution is 0.483. The van der Waals surface area contributed by atoms with Crippen molar-refractivity contribution in [2.75, 3.05) is 12.0 Å². The number of rotatable bonds is 1. The van der Waals surface area contributed by atoms with Gasteiger partial charge >= 0.3 is 0 Å². The number of anilines is 1. The fourth-order valence-corrected chi connectivity index (χ4v) is 5.32.